The van der Waals surface area contributed by atoms with Gasteiger partial charge in [-0.25, -0.2) is 4.79 Å². The number of likely N-dealkylation sites (N-methyl/N-ethyl adjacent to an activating group) is 1. The number of hydrogen-bond acceptors (Lipinski definition) is 6. The van der Waals surface area contributed by atoms with E-state index in [0.29, 0.717) is 24.1 Å². The minimum Gasteiger partial charge on any atom is -0.427 e. The number of amides is 4. The van der Waals surface area contributed by atoms with Crippen LogP contribution in [0.1, 0.15) is 25.5 Å². The number of ether oxygens (including phenoxy) is 1. The molecule has 1 fully saturated rings. The summed E-state index contributed by atoms with van der Waals surface area (Å²) < 4.78 is 4.90. The molecule has 2 rings (SSSR count). The van der Waals surface area contributed by atoms with E-state index in [-0.39, 0.29) is 13.1 Å². The first-order valence-corrected chi connectivity index (χ1v) is 8.02. The van der Waals surface area contributed by atoms with Crippen LogP contribution in [-0.2, 0) is 19.2 Å². The second-order valence-electron chi connectivity index (χ2n) is 5.57. The number of piperazine rings is 1. The minimum atomic E-state index is -1.01. The van der Waals surface area contributed by atoms with Crippen LogP contribution in [0.25, 0.3) is 0 Å². The van der Waals surface area contributed by atoms with Gasteiger partial charge >= 0.3 is 23.8 Å². The summed E-state index contributed by atoms with van der Waals surface area (Å²) in [5.41, 5.74) is 0.440. The summed E-state index contributed by atoms with van der Waals surface area (Å²) in [6, 6.07) is 4.16. The van der Waals surface area contributed by atoms with Crippen molar-refractivity contribution in [3.8, 4) is 5.75 Å². The van der Waals surface area contributed by atoms with Crippen molar-refractivity contribution in [2.75, 3.05) is 19.6 Å². The number of aldehydes is 1. The zero-order valence-electron chi connectivity index (χ0n) is 14.4. The maximum absolute atomic E-state index is 12.3. The highest BCUT2D eigenvalue weighted by Crippen LogP contribution is 2.17. The summed E-state index contributed by atoms with van der Waals surface area (Å²) in [4.78, 5) is 60.6. The molecule has 0 radical (unpaired) electrons. The summed E-state index contributed by atoms with van der Waals surface area (Å²) in [7, 11) is 0. The Bertz CT molecular complexity index is 731. The molecule has 0 aliphatic carbocycles. The summed E-state index contributed by atoms with van der Waals surface area (Å²) in [6.45, 7) is 3.69. The van der Waals surface area contributed by atoms with E-state index in [0.717, 1.165) is 4.90 Å². The number of nitrogens with zero attached hydrogens (tertiary/aromatic N) is 2. The highest BCUT2D eigenvalue weighted by molar-refractivity contribution is 6.38. The first kappa shape index (κ1) is 19.1. The third-order valence-electron chi connectivity index (χ3n) is 3.85. The first-order valence-electron chi connectivity index (χ1n) is 8.02. The van der Waals surface area contributed by atoms with Gasteiger partial charge in [-0.2, -0.15) is 0 Å². The van der Waals surface area contributed by atoms with Crippen LogP contribution in [0.3, 0.4) is 0 Å². The van der Waals surface area contributed by atoms with Gasteiger partial charge in [0.2, 0.25) is 0 Å². The van der Waals surface area contributed by atoms with Crippen molar-refractivity contribution in [3.05, 3.63) is 29.8 Å². The van der Waals surface area contributed by atoms with E-state index in [1.165, 1.54) is 36.1 Å². The van der Waals surface area contributed by atoms with E-state index >= 15 is 0 Å². The minimum absolute atomic E-state index is 0.0568. The van der Waals surface area contributed by atoms with Gasteiger partial charge in [0, 0.05) is 26.6 Å². The van der Waals surface area contributed by atoms with E-state index in [2.05, 4.69) is 5.32 Å². The number of nitrogens with one attached hydrogen (secondary N) is 1. The lowest BCUT2D eigenvalue weighted by atomic mass is 10.1. The number of hydrogen-bond donors (Lipinski definition) is 1. The van der Waals surface area contributed by atoms with Gasteiger partial charge in [-0.1, -0.05) is 12.1 Å². The maximum Gasteiger partial charge on any atom is 0.325 e. The second kappa shape index (κ2) is 8.24. The number of carbonyl (C=O) groups is 5. The van der Waals surface area contributed by atoms with Crippen molar-refractivity contribution in [1.82, 2.24) is 15.1 Å². The predicted octanol–water partition coefficient (Wildman–Crippen LogP) is 0.252. The molecule has 1 aliphatic rings. The molecule has 0 bridgehead atoms. The molecule has 1 saturated heterocycles. The second-order valence-corrected chi connectivity index (χ2v) is 5.57. The third-order valence-corrected chi connectivity index (χ3v) is 3.85. The number of urea groups is 1. The molecule has 1 N–H and O–H groups in total. The number of carbonyl (C=O) groups excluding carboxylic acids is 5. The summed E-state index contributed by atoms with van der Waals surface area (Å²) in [5, 5.41) is 2.42. The molecular weight excluding hydrogens is 342 g/mol. The van der Waals surface area contributed by atoms with Crippen molar-refractivity contribution >= 4 is 30.1 Å². The van der Waals surface area contributed by atoms with E-state index in [1.807, 2.05) is 0 Å². The lowest BCUT2D eigenvalue weighted by Crippen LogP contribution is -2.58. The zero-order valence-corrected chi connectivity index (χ0v) is 14.4. The van der Waals surface area contributed by atoms with Crippen molar-refractivity contribution in [2.24, 2.45) is 0 Å². The molecule has 1 heterocycles. The van der Waals surface area contributed by atoms with E-state index in [9.17, 15) is 24.0 Å². The Morgan fingerprint density at radius 3 is 2.38 bits per heavy atom. The van der Waals surface area contributed by atoms with Gasteiger partial charge in [0.1, 0.15) is 18.1 Å². The normalized spacial score (nSPS) is 15.5. The number of esters is 1. The fourth-order valence-electron chi connectivity index (χ4n) is 2.49. The Morgan fingerprint density at radius 2 is 1.85 bits per heavy atom. The van der Waals surface area contributed by atoms with E-state index < -0.39 is 29.9 Å². The van der Waals surface area contributed by atoms with Gasteiger partial charge in [0.05, 0.1) is 0 Å². The Balaban J connectivity index is 2.06. The first-order chi connectivity index (χ1) is 12.4. The van der Waals surface area contributed by atoms with Gasteiger partial charge in [0.25, 0.3) is 0 Å². The summed E-state index contributed by atoms with van der Waals surface area (Å²) >= 11 is 0. The van der Waals surface area contributed by atoms with Crippen LogP contribution in [-0.4, -0.2) is 59.5 Å². The molecule has 0 aromatic heterocycles. The maximum atomic E-state index is 12.3. The van der Waals surface area contributed by atoms with Gasteiger partial charge in [0.15, 0.2) is 0 Å². The summed E-state index contributed by atoms with van der Waals surface area (Å²) in [5.74, 6) is -1.85. The molecule has 9 nitrogen and oxygen atoms in total. The molecule has 4 amide bonds. The smallest absolute Gasteiger partial charge is 0.325 e. The Hall–Kier alpha value is -3.23. The van der Waals surface area contributed by atoms with Crippen LogP contribution in [0.5, 0.6) is 5.75 Å². The van der Waals surface area contributed by atoms with E-state index in [1.54, 1.807) is 6.92 Å². The quantitative estimate of drug-likeness (QED) is 0.348. The number of rotatable bonds is 5. The Kier molecular flexibility index (Phi) is 6.05. The van der Waals surface area contributed by atoms with Crippen molar-refractivity contribution in [2.45, 2.75) is 19.9 Å². The topological polar surface area (TPSA) is 113 Å². The van der Waals surface area contributed by atoms with Crippen LogP contribution >= 0.6 is 0 Å². The fraction of sp³-hybridized carbons (Fsp3) is 0.353. The molecule has 1 aliphatic heterocycles. The highest BCUT2D eigenvalue weighted by Gasteiger charge is 2.36. The van der Waals surface area contributed by atoms with Gasteiger partial charge < -0.3 is 19.7 Å². The standard InChI is InChI=1S/C17H19N3O6/c1-3-19-8-9-20(16(24)15(19)23)17(25)18-14(10-21)12-4-6-13(7-5-12)26-11(2)22/h4-7,10,14H,3,8-9H2,1-2H3,(H,18,25). The molecule has 138 valence electrons. The predicted molar refractivity (Wildman–Crippen MR) is 89.1 cm³/mol. The van der Waals surface area contributed by atoms with Crippen molar-refractivity contribution in [1.29, 1.82) is 0 Å². The van der Waals surface area contributed by atoms with E-state index in [4.69, 9.17) is 4.74 Å². The van der Waals surface area contributed by atoms with Crippen LogP contribution < -0.4 is 10.1 Å². The van der Waals surface area contributed by atoms with Gasteiger partial charge in [-0.3, -0.25) is 19.3 Å². The molecule has 1 aromatic carbocycles. The SMILES string of the molecule is CCN1CCN(C(=O)NC(C=O)c2ccc(OC(C)=O)cc2)C(=O)C1=O. The molecule has 9 heteroatoms. The number of benzene rings is 1. The summed E-state index contributed by atoms with van der Waals surface area (Å²) in [6.07, 6.45) is 0.507. The molecule has 26 heavy (non-hydrogen) atoms. The molecular formula is C17H19N3O6. The van der Waals surface area contributed by atoms with Crippen molar-refractivity contribution < 1.29 is 28.7 Å². The molecule has 1 aromatic rings. The van der Waals surface area contributed by atoms with Crippen molar-refractivity contribution in [3.63, 3.8) is 0 Å². The molecule has 0 spiro atoms. The largest absolute Gasteiger partial charge is 0.427 e. The third kappa shape index (κ3) is 4.24. The lowest BCUT2D eigenvalue weighted by molar-refractivity contribution is -0.153. The molecule has 0 saturated carbocycles. The monoisotopic (exact) mass is 361 g/mol. The van der Waals surface area contributed by atoms with Gasteiger partial charge in [-0.05, 0) is 24.6 Å². The average Bonchev–Trinajstić information content (AvgIpc) is 2.62. The zero-order chi connectivity index (χ0) is 19.3. The molecule has 1 atom stereocenters. The Morgan fingerprint density at radius 1 is 1.19 bits per heavy atom. The van der Waals surface area contributed by atoms with Crippen LogP contribution in [0.2, 0.25) is 0 Å². The number of imide groups is 1. The van der Waals surface area contributed by atoms with Crippen LogP contribution in [0.15, 0.2) is 24.3 Å². The fourth-order valence-corrected chi connectivity index (χ4v) is 2.49. The lowest BCUT2D eigenvalue weighted by Gasteiger charge is -2.32. The van der Waals surface area contributed by atoms with Crippen LogP contribution in [0, 0.1) is 0 Å². The Labute approximate surface area is 149 Å². The van der Waals surface area contributed by atoms with Crippen LogP contribution in [0.4, 0.5) is 4.79 Å². The van der Waals surface area contributed by atoms with Gasteiger partial charge in [-0.15, -0.1) is 0 Å². The highest BCUT2D eigenvalue weighted by atomic mass is 16.5. The molecule has 1 unspecified atom stereocenters. The average molecular weight is 361 g/mol.